The second-order valence-electron chi connectivity index (χ2n) is 8.04. The Hall–Kier alpha value is -3.13. The molecule has 4 rings (SSSR count). The molecule has 1 fully saturated rings. The van der Waals surface area contributed by atoms with Gasteiger partial charge in [-0.2, -0.15) is 4.99 Å². The molecule has 0 bridgehead atoms. The van der Waals surface area contributed by atoms with Gasteiger partial charge in [0.25, 0.3) is 11.8 Å². The van der Waals surface area contributed by atoms with Crippen molar-refractivity contribution in [2.45, 2.75) is 37.9 Å². The van der Waals surface area contributed by atoms with Crippen LogP contribution in [0.15, 0.2) is 53.5 Å². The monoisotopic (exact) mass is 450 g/mol. The second kappa shape index (κ2) is 9.99. The van der Waals surface area contributed by atoms with Crippen molar-refractivity contribution in [2.24, 2.45) is 4.99 Å². The first-order chi connectivity index (χ1) is 15.5. The Kier molecular flexibility index (Phi) is 6.90. The number of nitrogens with one attached hydrogen (secondary N) is 2. The third-order valence-corrected chi connectivity index (χ3v) is 6.68. The van der Waals surface area contributed by atoms with E-state index in [1.807, 2.05) is 31.2 Å². The number of carbonyl (C=O) groups excluding carboxylic acids is 3. The van der Waals surface area contributed by atoms with Gasteiger partial charge in [0.05, 0.1) is 0 Å². The fourth-order valence-electron chi connectivity index (χ4n) is 3.66. The zero-order chi connectivity index (χ0) is 22.5. The van der Waals surface area contributed by atoms with Crippen LogP contribution in [0.1, 0.15) is 41.6 Å². The predicted octanol–water partition coefficient (Wildman–Crippen LogP) is 4.06. The van der Waals surface area contributed by atoms with Crippen molar-refractivity contribution >= 4 is 46.0 Å². The summed E-state index contributed by atoms with van der Waals surface area (Å²) >= 11 is 1.38. The molecule has 1 saturated heterocycles. The molecule has 3 amide bonds. The molecule has 166 valence electrons. The molecule has 2 N–H and O–H groups in total. The number of benzene rings is 2. The van der Waals surface area contributed by atoms with Crippen molar-refractivity contribution < 1.29 is 14.4 Å². The Morgan fingerprint density at radius 1 is 0.969 bits per heavy atom. The number of likely N-dealkylation sites (tertiary alicyclic amines) is 1. The molecule has 1 atom stereocenters. The number of aliphatic imine (C=N–C) groups is 1. The van der Waals surface area contributed by atoms with Crippen molar-refractivity contribution in [1.82, 2.24) is 4.90 Å². The minimum Gasteiger partial charge on any atom is -0.351 e. The standard InChI is InChI=1S/C24H26N4O3S/c1-16-5-9-19(10-6-16)26-22(30)17-7-11-18(12-8-17)25-21(29)15-20-23(31)27-24(32-20)28-13-3-2-4-14-28/h5-12,20H,2-4,13-15H2,1H3,(H,25,29)(H,26,30)/t20-/m1/s1. The molecule has 32 heavy (non-hydrogen) atoms. The van der Waals surface area contributed by atoms with Gasteiger partial charge in [-0.1, -0.05) is 29.5 Å². The number of thioether (sulfide) groups is 1. The van der Waals surface area contributed by atoms with Crippen molar-refractivity contribution in [2.75, 3.05) is 23.7 Å². The molecule has 7 nitrogen and oxygen atoms in total. The van der Waals surface area contributed by atoms with E-state index in [4.69, 9.17) is 0 Å². The molecule has 0 saturated carbocycles. The highest BCUT2D eigenvalue weighted by atomic mass is 32.2. The molecule has 2 aromatic rings. The number of anilines is 2. The summed E-state index contributed by atoms with van der Waals surface area (Å²) < 4.78 is 0. The highest BCUT2D eigenvalue weighted by Crippen LogP contribution is 2.29. The first kappa shape index (κ1) is 22.1. The van der Waals surface area contributed by atoms with Crippen LogP contribution in [0.4, 0.5) is 11.4 Å². The average molecular weight is 451 g/mol. The van der Waals surface area contributed by atoms with Gasteiger partial charge in [0.2, 0.25) is 5.91 Å². The fraction of sp³-hybridized carbons (Fsp3) is 0.333. The number of nitrogens with zero attached hydrogens (tertiary/aromatic N) is 2. The van der Waals surface area contributed by atoms with Crippen LogP contribution in [-0.4, -0.2) is 46.1 Å². The summed E-state index contributed by atoms with van der Waals surface area (Å²) in [5.41, 5.74) is 2.91. The van der Waals surface area contributed by atoms with E-state index in [2.05, 4.69) is 20.5 Å². The van der Waals surface area contributed by atoms with Crippen LogP contribution in [-0.2, 0) is 9.59 Å². The normalized spacial score (nSPS) is 18.3. The van der Waals surface area contributed by atoms with E-state index in [0.717, 1.165) is 42.3 Å². The van der Waals surface area contributed by atoms with Gasteiger partial charge in [0.1, 0.15) is 5.25 Å². The van der Waals surface area contributed by atoms with E-state index >= 15 is 0 Å². The van der Waals surface area contributed by atoms with Gasteiger partial charge in [-0.05, 0) is 62.6 Å². The number of rotatable bonds is 5. The number of amides is 3. The van der Waals surface area contributed by atoms with Gasteiger partial charge >= 0.3 is 0 Å². The van der Waals surface area contributed by atoms with Gasteiger partial charge in [-0.25, -0.2) is 0 Å². The minimum atomic E-state index is -0.480. The zero-order valence-electron chi connectivity index (χ0n) is 18.0. The SMILES string of the molecule is Cc1ccc(NC(=O)c2ccc(NC(=O)C[C@H]3SC(N4CCCCC4)=NC3=O)cc2)cc1. The highest BCUT2D eigenvalue weighted by molar-refractivity contribution is 8.15. The summed E-state index contributed by atoms with van der Waals surface area (Å²) in [4.78, 5) is 43.4. The predicted molar refractivity (Wildman–Crippen MR) is 128 cm³/mol. The van der Waals surface area contributed by atoms with E-state index in [1.165, 1.54) is 18.2 Å². The van der Waals surface area contributed by atoms with E-state index in [0.29, 0.717) is 11.3 Å². The van der Waals surface area contributed by atoms with Crippen LogP contribution >= 0.6 is 11.8 Å². The maximum Gasteiger partial charge on any atom is 0.262 e. The topological polar surface area (TPSA) is 90.9 Å². The first-order valence-electron chi connectivity index (χ1n) is 10.8. The van der Waals surface area contributed by atoms with E-state index in [-0.39, 0.29) is 24.1 Å². The van der Waals surface area contributed by atoms with Crippen LogP contribution < -0.4 is 10.6 Å². The third kappa shape index (κ3) is 5.56. The van der Waals surface area contributed by atoms with Crippen LogP contribution in [0.25, 0.3) is 0 Å². The number of hydrogen-bond acceptors (Lipinski definition) is 5. The molecular formula is C24H26N4O3S. The van der Waals surface area contributed by atoms with E-state index in [1.54, 1.807) is 24.3 Å². The highest BCUT2D eigenvalue weighted by Gasteiger charge is 2.33. The molecule has 8 heteroatoms. The Bertz CT molecular complexity index is 1030. The summed E-state index contributed by atoms with van der Waals surface area (Å²) in [5, 5.41) is 5.92. The Balaban J connectivity index is 1.28. The quantitative estimate of drug-likeness (QED) is 0.717. The Morgan fingerprint density at radius 3 is 2.28 bits per heavy atom. The number of aryl methyl sites for hydroxylation is 1. The molecule has 2 heterocycles. The molecule has 2 aromatic carbocycles. The second-order valence-corrected chi connectivity index (χ2v) is 9.21. The Labute approximate surface area is 191 Å². The van der Waals surface area contributed by atoms with Gasteiger partial charge in [0, 0.05) is 36.4 Å². The molecule has 0 spiro atoms. The fourth-order valence-corrected chi connectivity index (χ4v) is 4.77. The van der Waals surface area contributed by atoms with E-state index in [9.17, 15) is 14.4 Å². The summed E-state index contributed by atoms with van der Waals surface area (Å²) in [5.74, 6) is -0.710. The molecule has 0 unspecified atom stereocenters. The Morgan fingerprint density at radius 2 is 1.59 bits per heavy atom. The lowest BCUT2D eigenvalue weighted by Crippen LogP contribution is -2.33. The summed E-state index contributed by atoms with van der Waals surface area (Å²) in [6.45, 7) is 3.82. The number of carbonyl (C=O) groups is 3. The van der Waals surface area contributed by atoms with Crippen molar-refractivity contribution in [3.05, 3.63) is 59.7 Å². The van der Waals surface area contributed by atoms with Crippen LogP contribution in [0.2, 0.25) is 0 Å². The molecule has 2 aliphatic rings. The van der Waals surface area contributed by atoms with Crippen molar-refractivity contribution in [3.8, 4) is 0 Å². The smallest absolute Gasteiger partial charge is 0.262 e. The lowest BCUT2D eigenvalue weighted by atomic mass is 10.1. The van der Waals surface area contributed by atoms with Gasteiger partial charge in [0.15, 0.2) is 5.17 Å². The molecule has 2 aliphatic heterocycles. The maximum absolute atomic E-state index is 12.5. The minimum absolute atomic E-state index is 0.0694. The van der Waals surface area contributed by atoms with Crippen molar-refractivity contribution in [3.63, 3.8) is 0 Å². The largest absolute Gasteiger partial charge is 0.351 e. The maximum atomic E-state index is 12.5. The third-order valence-electron chi connectivity index (χ3n) is 5.47. The van der Waals surface area contributed by atoms with Crippen LogP contribution in [0.5, 0.6) is 0 Å². The number of piperidine rings is 1. The van der Waals surface area contributed by atoms with Crippen LogP contribution in [0.3, 0.4) is 0 Å². The number of hydrogen-bond donors (Lipinski definition) is 2. The molecule has 0 radical (unpaired) electrons. The zero-order valence-corrected chi connectivity index (χ0v) is 18.8. The molecule has 0 aliphatic carbocycles. The molecular weight excluding hydrogens is 424 g/mol. The lowest BCUT2D eigenvalue weighted by Gasteiger charge is -2.27. The summed E-state index contributed by atoms with van der Waals surface area (Å²) in [7, 11) is 0. The van der Waals surface area contributed by atoms with Crippen LogP contribution in [0, 0.1) is 6.92 Å². The van der Waals surface area contributed by atoms with Gasteiger partial charge in [-0.15, -0.1) is 0 Å². The first-order valence-corrected chi connectivity index (χ1v) is 11.7. The van der Waals surface area contributed by atoms with Gasteiger partial charge < -0.3 is 15.5 Å². The molecule has 0 aromatic heterocycles. The average Bonchev–Trinajstić information content (AvgIpc) is 3.16. The van der Waals surface area contributed by atoms with Crippen molar-refractivity contribution in [1.29, 1.82) is 0 Å². The van der Waals surface area contributed by atoms with Gasteiger partial charge in [-0.3, -0.25) is 14.4 Å². The summed E-state index contributed by atoms with van der Waals surface area (Å²) in [6.07, 6.45) is 3.50. The van der Waals surface area contributed by atoms with E-state index < -0.39 is 5.25 Å². The summed E-state index contributed by atoms with van der Waals surface area (Å²) in [6, 6.07) is 14.3. The number of amidine groups is 1. The lowest BCUT2D eigenvalue weighted by molar-refractivity contribution is -0.121.